The van der Waals surface area contributed by atoms with Crippen molar-refractivity contribution in [2.24, 2.45) is 7.05 Å². The van der Waals surface area contributed by atoms with E-state index >= 15 is 0 Å². The van der Waals surface area contributed by atoms with Crippen molar-refractivity contribution in [3.05, 3.63) is 53.4 Å². The summed E-state index contributed by atoms with van der Waals surface area (Å²) >= 11 is 1.46. The van der Waals surface area contributed by atoms with E-state index in [1.54, 1.807) is 11.4 Å². The number of nitrogens with zero attached hydrogens (tertiary/aromatic N) is 1. The maximum atomic E-state index is 11.0. The van der Waals surface area contributed by atoms with Crippen LogP contribution in [0.15, 0.2) is 47.8 Å². The van der Waals surface area contributed by atoms with Crippen LogP contribution in [0, 0.1) is 10.2 Å². The molecule has 1 N–H and O–H groups in total. The lowest BCUT2D eigenvalue weighted by Gasteiger charge is -2.17. The quantitative estimate of drug-likeness (QED) is 0.534. The summed E-state index contributed by atoms with van der Waals surface area (Å²) in [5.74, 6) is -0.886. The fourth-order valence-electron chi connectivity index (χ4n) is 2.18. The van der Waals surface area contributed by atoms with Crippen LogP contribution in [0.5, 0.6) is 0 Å². The Morgan fingerprint density at radius 2 is 1.67 bits per heavy atom. The van der Waals surface area contributed by atoms with Gasteiger partial charge in [-0.3, -0.25) is 0 Å². The molecule has 0 aromatic heterocycles. The fraction of sp³-hybridized carbons (Fsp3) is 0.0667. The Labute approximate surface area is 143 Å². The van der Waals surface area contributed by atoms with Gasteiger partial charge in [-0.05, 0) is 18.2 Å². The minimum atomic E-state index is -4.94. The molecule has 126 valence electrons. The largest absolute Gasteiger partial charge is 0.478 e. The predicted octanol–water partition coefficient (Wildman–Crippen LogP) is -1.71. The first kappa shape index (κ1) is 18.3. The first-order valence-corrected chi connectivity index (χ1v) is 8.60. The predicted molar refractivity (Wildman–Crippen MR) is 74.5 cm³/mol. The molecule has 9 heteroatoms. The lowest BCUT2D eigenvalue weighted by molar-refractivity contribution is -2.00. The Morgan fingerprint density at radius 1 is 1.08 bits per heavy atom. The number of aromatic carboxylic acids is 1. The minimum Gasteiger partial charge on any atom is -0.478 e. The zero-order chi connectivity index (χ0) is 17.9. The molecular weight excluding hydrogens is 358 g/mol. The van der Waals surface area contributed by atoms with Crippen molar-refractivity contribution < 1.29 is 43.3 Å². The molecule has 0 saturated carbocycles. The molecule has 2 aliphatic rings. The highest BCUT2D eigenvalue weighted by Crippen LogP contribution is 2.30. The first-order chi connectivity index (χ1) is 11.2. The maximum absolute atomic E-state index is 11.0. The molecule has 0 saturated heterocycles. The molecule has 3 rings (SSSR count). The molecule has 2 heterocycles. The van der Waals surface area contributed by atoms with E-state index in [4.69, 9.17) is 23.7 Å². The topological polar surface area (TPSA) is 133 Å². The smallest absolute Gasteiger partial charge is 0.336 e. The van der Waals surface area contributed by atoms with Crippen LogP contribution >= 0.6 is 11.3 Å². The van der Waals surface area contributed by atoms with Crippen LogP contribution in [-0.2, 0) is 7.05 Å². The highest BCUT2D eigenvalue weighted by Gasteiger charge is 2.24. The van der Waals surface area contributed by atoms with E-state index in [2.05, 4.69) is 16.7 Å². The number of aromatic nitrogens is 1. The Balaban J connectivity index is 0.000000368. The van der Waals surface area contributed by atoms with Gasteiger partial charge in [-0.15, -0.1) is 10.2 Å². The number of fused-ring (bicyclic) bond motifs is 1. The number of halogens is 1. The normalized spacial score (nSPS) is 11.0. The van der Waals surface area contributed by atoms with Crippen LogP contribution in [0.1, 0.15) is 10.4 Å². The van der Waals surface area contributed by atoms with E-state index in [0.29, 0.717) is 5.56 Å². The summed E-state index contributed by atoms with van der Waals surface area (Å²) in [6.45, 7) is 0. The van der Waals surface area contributed by atoms with Crippen LogP contribution in [0.2, 0.25) is 0 Å². The van der Waals surface area contributed by atoms with Gasteiger partial charge in [0.25, 0.3) is 5.01 Å². The van der Waals surface area contributed by atoms with Gasteiger partial charge >= 0.3 is 5.97 Å². The minimum absolute atomic E-state index is 0.336. The number of rotatable bonds is 2. The highest BCUT2D eigenvalue weighted by molar-refractivity contribution is 7.12. The third-order valence-electron chi connectivity index (χ3n) is 3.13. The van der Waals surface area contributed by atoms with Crippen molar-refractivity contribution in [3.8, 4) is 21.8 Å². The molecule has 0 radical (unpaired) electrons. The molecule has 0 aliphatic carbocycles. The average Bonchev–Trinajstić information content (AvgIpc) is 2.83. The number of carboxylic acids is 1. The Kier molecular flexibility index (Phi) is 5.50. The molecule has 0 unspecified atom stereocenters. The van der Waals surface area contributed by atoms with E-state index in [1.807, 2.05) is 31.3 Å². The second-order valence-electron chi connectivity index (χ2n) is 4.73. The van der Waals surface area contributed by atoms with Crippen molar-refractivity contribution in [3.63, 3.8) is 0 Å². The molecule has 0 spiro atoms. The summed E-state index contributed by atoms with van der Waals surface area (Å²) in [4.78, 5) is 11.0. The summed E-state index contributed by atoms with van der Waals surface area (Å²) in [7, 11) is -2.94. The van der Waals surface area contributed by atoms with E-state index in [-0.39, 0.29) is 0 Å². The van der Waals surface area contributed by atoms with Gasteiger partial charge in [0.2, 0.25) is 5.69 Å². The number of carboxylic acid groups (broad SMARTS) is 1. The molecule has 2 aliphatic heterocycles. The molecule has 7 nitrogen and oxygen atoms in total. The van der Waals surface area contributed by atoms with Crippen LogP contribution in [0.25, 0.3) is 21.8 Å². The van der Waals surface area contributed by atoms with E-state index in [9.17, 15) is 4.79 Å². The molecule has 1 aromatic rings. The zero-order valence-electron chi connectivity index (χ0n) is 12.3. The number of carbonyl (C=O) groups is 1. The van der Waals surface area contributed by atoms with Crippen molar-refractivity contribution in [2.75, 3.05) is 0 Å². The zero-order valence-corrected chi connectivity index (χ0v) is 13.9. The van der Waals surface area contributed by atoms with Crippen molar-refractivity contribution in [2.45, 2.75) is 0 Å². The molecule has 1 aromatic carbocycles. The molecule has 0 atom stereocenters. The third-order valence-corrected chi connectivity index (χ3v) is 4.23. The Hall–Kier alpha value is -2.07. The number of hydrogen-bond acceptors (Lipinski definition) is 6. The fourth-order valence-corrected chi connectivity index (χ4v) is 3.10. The molecule has 0 bridgehead atoms. The van der Waals surface area contributed by atoms with Crippen molar-refractivity contribution >= 4 is 17.3 Å². The van der Waals surface area contributed by atoms with Gasteiger partial charge in [0.05, 0.1) is 11.1 Å². The number of hydrogen-bond donors (Lipinski definition) is 1. The Bertz CT molecular complexity index is 809. The summed E-state index contributed by atoms with van der Waals surface area (Å²) in [5.41, 5.74) is 3.52. The monoisotopic (exact) mass is 369 g/mol. The summed E-state index contributed by atoms with van der Waals surface area (Å²) in [6.07, 6.45) is 0. The molecule has 0 fully saturated rings. The number of benzene rings is 1. The highest BCUT2D eigenvalue weighted by atomic mass is 35.7. The van der Waals surface area contributed by atoms with Gasteiger partial charge in [0.15, 0.2) is 0 Å². The van der Waals surface area contributed by atoms with E-state index < -0.39 is 16.2 Å². The van der Waals surface area contributed by atoms with Gasteiger partial charge in [-0.1, -0.05) is 29.5 Å². The van der Waals surface area contributed by atoms with Crippen molar-refractivity contribution in [1.82, 2.24) is 0 Å². The summed E-state index contributed by atoms with van der Waals surface area (Å²) in [6, 6.07) is 13.8. The van der Waals surface area contributed by atoms with Crippen LogP contribution < -0.4 is 23.2 Å². The van der Waals surface area contributed by atoms with Crippen LogP contribution in [-0.4, -0.2) is 11.1 Å². The second-order valence-corrected chi connectivity index (χ2v) is 6.35. The van der Waals surface area contributed by atoms with Gasteiger partial charge in [-0.25, -0.2) is 23.4 Å². The molecule has 0 amide bonds. The third kappa shape index (κ3) is 4.71. The molecule has 24 heavy (non-hydrogen) atoms. The summed E-state index contributed by atoms with van der Waals surface area (Å²) in [5, 5.41) is 11.8. The van der Waals surface area contributed by atoms with Crippen LogP contribution in [0.3, 0.4) is 0 Å². The Morgan fingerprint density at radius 3 is 2.21 bits per heavy atom. The van der Waals surface area contributed by atoms with Gasteiger partial charge in [-0.2, -0.15) is 4.57 Å². The first-order valence-electron chi connectivity index (χ1n) is 6.48. The van der Waals surface area contributed by atoms with Gasteiger partial charge in [0, 0.05) is 17.0 Å². The second kappa shape index (κ2) is 7.22. The average molecular weight is 370 g/mol. The maximum Gasteiger partial charge on any atom is 0.336 e. The van der Waals surface area contributed by atoms with Gasteiger partial charge < -0.3 is 5.11 Å². The van der Waals surface area contributed by atoms with Crippen LogP contribution in [0.4, 0.5) is 0 Å². The van der Waals surface area contributed by atoms with Gasteiger partial charge in [0.1, 0.15) is 7.05 Å². The standard InChI is InChI=1S/C15H11NO2S.ClHO4/c1-16-13(10-5-3-2-4-6-10)8-11-7-12(15(17)18)9-19-14(11)16;2-1(3,4)5/h2-9H,1H3;(H,2,3,4,5). The SMILES string of the molecule is C[n+]1c(-c2ccccc2)cc2cc(C(=O)O)csc1-2.[O-][Cl+3]([O-])([O-])[O-]. The van der Waals surface area contributed by atoms with E-state index in [0.717, 1.165) is 21.8 Å². The summed E-state index contributed by atoms with van der Waals surface area (Å²) < 4.78 is 36.1. The molecular formula is C15H12ClNO6S. The lowest BCUT2D eigenvalue weighted by atomic mass is 10.1. The lowest BCUT2D eigenvalue weighted by Crippen LogP contribution is -2.68. The van der Waals surface area contributed by atoms with Crippen molar-refractivity contribution in [1.29, 1.82) is 0 Å². The van der Waals surface area contributed by atoms with E-state index in [1.165, 1.54) is 11.3 Å².